The van der Waals surface area contributed by atoms with Crippen LogP contribution in [0.3, 0.4) is 0 Å². The topological polar surface area (TPSA) is 20.2 Å². The summed E-state index contributed by atoms with van der Waals surface area (Å²) in [6, 6.07) is 11.9. The summed E-state index contributed by atoms with van der Waals surface area (Å²) in [6.07, 6.45) is 0.456. The van der Waals surface area contributed by atoms with Gasteiger partial charge >= 0.3 is 0 Å². The average molecular weight is 344 g/mol. The highest BCUT2D eigenvalue weighted by atomic mass is 79.9. The van der Waals surface area contributed by atoms with Crippen LogP contribution in [0.15, 0.2) is 46.9 Å². The van der Waals surface area contributed by atoms with Crippen LogP contribution in [0, 0.1) is 5.82 Å². The van der Waals surface area contributed by atoms with Crippen molar-refractivity contribution in [3.05, 3.63) is 68.9 Å². The maximum Gasteiger partial charge on any atom is 0.124 e. The quantitative estimate of drug-likeness (QED) is 0.873. The van der Waals surface area contributed by atoms with Gasteiger partial charge in [-0.1, -0.05) is 45.7 Å². The minimum Gasteiger partial charge on any atom is -0.392 e. The Hall–Kier alpha value is -0.900. The van der Waals surface area contributed by atoms with Crippen LogP contribution >= 0.6 is 27.5 Å². The molecule has 2 aromatic rings. The van der Waals surface area contributed by atoms with Crippen LogP contribution in [-0.2, 0) is 12.8 Å². The van der Waals surface area contributed by atoms with Crippen LogP contribution in [0.4, 0.5) is 4.39 Å². The van der Waals surface area contributed by atoms with Crippen LogP contribution in [0.2, 0.25) is 5.02 Å². The molecule has 19 heavy (non-hydrogen) atoms. The van der Waals surface area contributed by atoms with Crippen molar-refractivity contribution in [3.63, 3.8) is 0 Å². The number of hydrogen-bond acceptors (Lipinski definition) is 1. The van der Waals surface area contributed by atoms with E-state index in [0.29, 0.717) is 22.3 Å². The molecule has 1 atom stereocenters. The fourth-order valence-electron chi connectivity index (χ4n) is 1.95. The Morgan fingerprint density at radius 3 is 2.63 bits per heavy atom. The van der Waals surface area contributed by atoms with Crippen molar-refractivity contribution in [3.8, 4) is 0 Å². The molecule has 1 unspecified atom stereocenters. The van der Waals surface area contributed by atoms with Gasteiger partial charge in [-0.15, -0.1) is 0 Å². The average Bonchev–Trinajstić information content (AvgIpc) is 2.33. The molecule has 0 heterocycles. The van der Waals surface area contributed by atoms with Crippen molar-refractivity contribution < 1.29 is 9.50 Å². The second kappa shape index (κ2) is 6.51. The zero-order chi connectivity index (χ0) is 13.8. The molecule has 0 saturated carbocycles. The van der Waals surface area contributed by atoms with E-state index in [9.17, 15) is 9.50 Å². The van der Waals surface area contributed by atoms with Crippen LogP contribution in [0.5, 0.6) is 0 Å². The maximum absolute atomic E-state index is 13.0. The standard InChI is InChI=1S/C15H13BrClFO/c16-15-9-13(18)5-4-11(15)8-14(19)7-10-2-1-3-12(17)6-10/h1-6,9,14,19H,7-8H2. The Labute approximate surface area is 125 Å². The second-order valence-electron chi connectivity index (χ2n) is 4.43. The minimum atomic E-state index is -0.528. The first-order valence-electron chi connectivity index (χ1n) is 5.91. The van der Waals surface area contributed by atoms with E-state index in [2.05, 4.69) is 15.9 Å². The molecule has 1 nitrogen and oxygen atoms in total. The molecular formula is C15H13BrClFO. The van der Waals surface area contributed by atoms with Gasteiger partial charge < -0.3 is 5.11 Å². The van der Waals surface area contributed by atoms with Gasteiger partial charge in [-0.2, -0.15) is 0 Å². The Balaban J connectivity index is 2.03. The van der Waals surface area contributed by atoms with Gasteiger partial charge in [-0.3, -0.25) is 0 Å². The predicted molar refractivity (Wildman–Crippen MR) is 79.0 cm³/mol. The third-order valence-electron chi connectivity index (χ3n) is 2.83. The largest absolute Gasteiger partial charge is 0.392 e. The number of hydrogen-bond donors (Lipinski definition) is 1. The minimum absolute atomic E-state index is 0.292. The molecule has 2 aromatic carbocycles. The van der Waals surface area contributed by atoms with E-state index < -0.39 is 6.10 Å². The first-order chi connectivity index (χ1) is 9.04. The van der Waals surface area contributed by atoms with E-state index in [1.807, 2.05) is 18.2 Å². The van der Waals surface area contributed by atoms with Gasteiger partial charge in [0, 0.05) is 9.50 Å². The molecule has 2 rings (SSSR count). The zero-order valence-electron chi connectivity index (χ0n) is 10.1. The molecule has 0 bridgehead atoms. The summed E-state index contributed by atoms with van der Waals surface area (Å²) in [4.78, 5) is 0. The van der Waals surface area contributed by atoms with Crippen LogP contribution in [0.25, 0.3) is 0 Å². The Kier molecular flexibility index (Phi) is 4.97. The Morgan fingerprint density at radius 2 is 1.95 bits per heavy atom. The summed E-state index contributed by atoms with van der Waals surface area (Å²) in [5, 5.41) is 10.7. The van der Waals surface area contributed by atoms with E-state index in [1.54, 1.807) is 12.1 Å². The van der Waals surface area contributed by atoms with Gasteiger partial charge in [0.25, 0.3) is 0 Å². The fourth-order valence-corrected chi connectivity index (χ4v) is 2.67. The Morgan fingerprint density at radius 1 is 1.16 bits per heavy atom. The van der Waals surface area contributed by atoms with Gasteiger partial charge in [-0.25, -0.2) is 4.39 Å². The number of benzene rings is 2. The highest BCUT2D eigenvalue weighted by Gasteiger charge is 2.10. The van der Waals surface area contributed by atoms with Crippen LogP contribution < -0.4 is 0 Å². The smallest absolute Gasteiger partial charge is 0.124 e. The van der Waals surface area contributed by atoms with Gasteiger partial charge in [0.05, 0.1) is 6.10 Å². The number of halogens is 3. The fraction of sp³-hybridized carbons (Fsp3) is 0.200. The van der Waals surface area contributed by atoms with Crippen molar-refractivity contribution in [2.75, 3.05) is 0 Å². The Bertz CT molecular complexity index is 574. The molecule has 0 radical (unpaired) electrons. The molecule has 4 heteroatoms. The first kappa shape index (κ1) is 14.5. The zero-order valence-corrected chi connectivity index (χ0v) is 12.5. The molecule has 0 fully saturated rings. The molecule has 0 aliphatic carbocycles. The van der Waals surface area contributed by atoms with Gasteiger partial charge in [-0.05, 0) is 48.2 Å². The molecule has 0 spiro atoms. The van der Waals surface area contributed by atoms with Crippen LogP contribution in [0.1, 0.15) is 11.1 Å². The van der Waals surface area contributed by atoms with Crippen molar-refractivity contribution in [2.45, 2.75) is 18.9 Å². The SMILES string of the molecule is OC(Cc1cccc(Cl)c1)Cc1ccc(F)cc1Br. The summed E-state index contributed by atoms with van der Waals surface area (Å²) in [5.74, 6) is -0.292. The van der Waals surface area contributed by atoms with Crippen molar-refractivity contribution in [2.24, 2.45) is 0 Å². The second-order valence-corrected chi connectivity index (χ2v) is 5.72. The molecule has 0 amide bonds. The molecule has 0 aromatic heterocycles. The van der Waals surface area contributed by atoms with E-state index in [4.69, 9.17) is 11.6 Å². The molecular weight excluding hydrogens is 331 g/mol. The van der Waals surface area contributed by atoms with Gasteiger partial charge in [0.15, 0.2) is 0 Å². The molecule has 100 valence electrons. The van der Waals surface area contributed by atoms with Crippen LogP contribution in [-0.4, -0.2) is 11.2 Å². The van der Waals surface area contributed by atoms with Crippen molar-refractivity contribution in [1.82, 2.24) is 0 Å². The normalized spacial score (nSPS) is 12.4. The van der Waals surface area contributed by atoms with E-state index in [0.717, 1.165) is 11.1 Å². The van der Waals surface area contributed by atoms with Gasteiger partial charge in [0.1, 0.15) is 5.82 Å². The molecule has 0 aliphatic rings. The lowest BCUT2D eigenvalue weighted by Gasteiger charge is -2.12. The lowest BCUT2D eigenvalue weighted by atomic mass is 10.0. The molecule has 0 saturated heterocycles. The van der Waals surface area contributed by atoms with E-state index >= 15 is 0 Å². The van der Waals surface area contributed by atoms with E-state index in [1.165, 1.54) is 12.1 Å². The van der Waals surface area contributed by atoms with Gasteiger partial charge in [0.2, 0.25) is 0 Å². The third kappa shape index (κ3) is 4.30. The summed E-state index contributed by atoms with van der Waals surface area (Å²) in [7, 11) is 0. The summed E-state index contributed by atoms with van der Waals surface area (Å²) in [6.45, 7) is 0. The monoisotopic (exact) mass is 342 g/mol. The molecule has 1 N–H and O–H groups in total. The first-order valence-corrected chi connectivity index (χ1v) is 7.08. The van der Waals surface area contributed by atoms with E-state index in [-0.39, 0.29) is 5.82 Å². The maximum atomic E-state index is 13.0. The van der Waals surface area contributed by atoms with Crippen molar-refractivity contribution >= 4 is 27.5 Å². The highest BCUT2D eigenvalue weighted by molar-refractivity contribution is 9.10. The molecule has 0 aliphatic heterocycles. The number of aliphatic hydroxyl groups is 1. The number of rotatable bonds is 4. The lowest BCUT2D eigenvalue weighted by molar-refractivity contribution is 0.175. The summed E-state index contributed by atoms with van der Waals surface area (Å²) in [5.41, 5.74) is 1.87. The number of aliphatic hydroxyl groups excluding tert-OH is 1. The predicted octanol–water partition coefficient (Wildman–Crippen LogP) is 4.39. The summed E-state index contributed by atoms with van der Waals surface area (Å²) < 4.78 is 13.6. The third-order valence-corrected chi connectivity index (χ3v) is 3.80. The van der Waals surface area contributed by atoms with Crippen molar-refractivity contribution in [1.29, 1.82) is 0 Å². The highest BCUT2D eigenvalue weighted by Crippen LogP contribution is 2.21. The summed E-state index contributed by atoms with van der Waals surface area (Å²) >= 11 is 9.20. The lowest BCUT2D eigenvalue weighted by Crippen LogP contribution is -2.14.